The third-order valence-corrected chi connectivity index (χ3v) is 4.95. The molecule has 0 spiro atoms. The molecule has 1 atom stereocenters. The van der Waals surface area contributed by atoms with E-state index in [1.165, 1.54) is 6.20 Å². The van der Waals surface area contributed by atoms with Crippen LogP contribution in [0.5, 0.6) is 0 Å². The van der Waals surface area contributed by atoms with Gasteiger partial charge in [-0.2, -0.15) is 5.10 Å². The maximum atomic E-state index is 12.8. The number of rotatable bonds is 7. The first kappa shape index (κ1) is 20.1. The first-order valence-corrected chi connectivity index (χ1v) is 9.81. The Morgan fingerprint density at radius 3 is 2.54 bits per heavy atom. The Hall–Kier alpha value is -2.66. The summed E-state index contributed by atoms with van der Waals surface area (Å²) < 4.78 is 1.56. The van der Waals surface area contributed by atoms with Gasteiger partial charge < -0.3 is 5.32 Å². The Morgan fingerprint density at radius 2 is 1.82 bits per heavy atom. The maximum Gasteiger partial charge on any atom is 0.242 e. The van der Waals surface area contributed by atoms with E-state index in [1.54, 1.807) is 22.9 Å². The normalized spacial score (nSPS) is 12.3. The third kappa shape index (κ3) is 4.98. The molecule has 3 aromatic rings. The number of hydrogen-bond acceptors (Lipinski definition) is 3. The number of nitrogens with one attached hydrogen (secondary N) is 1. The van der Waals surface area contributed by atoms with Crippen LogP contribution in [0.25, 0.3) is 10.9 Å². The first-order valence-electron chi connectivity index (χ1n) is 9.43. The summed E-state index contributed by atoms with van der Waals surface area (Å²) in [6, 6.07) is 14.6. The van der Waals surface area contributed by atoms with Gasteiger partial charge in [0.15, 0.2) is 0 Å². The fraction of sp³-hybridized carbons (Fsp3) is 0.318. The minimum absolute atomic E-state index is 0.0482. The zero-order valence-electron chi connectivity index (χ0n) is 16.1. The van der Waals surface area contributed by atoms with Crippen LogP contribution in [0.1, 0.15) is 38.3 Å². The monoisotopic (exact) mass is 397 g/mol. The zero-order chi connectivity index (χ0) is 20.1. The molecule has 0 saturated carbocycles. The molecule has 1 N–H and O–H groups in total. The van der Waals surface area contributed by atoms with Gasteiger partial charge in [-0.1, -0.05) is 49.7 Å². The summed E-state index contributed by atoms with van der Waals surface area (Å²) in [5.41, 5.74) is 1.52. The van der Waals surface area contributed by atoms with Gasteiger partial charge in [-0.25, -0.2) is 0 Å². The molecule has 0 radical (unpaired) electrons. The van der Waals surface area contributed by atoms with Crippen LogP contribution < -0.4 is 10.7 Å². The number of para-hydroxylation sites is 1. The summed E-state index contributed by atoms with van der Waals surface area (Å²) in [5, 5.41) is 8.48. The zero-order valence-corrected chi connectivity index (χ0v) is 16.8. The lowest BCUT2D eigenvalue weighted by atomic mass is 9.97. The van der Waals surface area contributed by atoms with Gasteiger partial charge in [0.2, 0.25) is 11.3 Å². The van der Waals surface area contributed by atoms with Crippen LogP contribution in [0.4, 0.5) is 0 Å². The Balaban J connectivity index is 1.79. The SMILES string of the molecule is CC(C)CCC(NC(=O)Cn1ncc(=O)c2ccccc21)c1ccc(Cl)cc1. The molecule has 0 aliphatic carbocycles. The van der Waals surface area contributed by atoms with E-state index in [0.29, 0.717) is 21.8 Å². The van der Waals surface area contributed by atoms with E-state index in [4.69, 9.17) is 11.6 Å². The lowest BCUT2D eigenvalue weighted by molar-refractivity contribution is -0.122. The molecule has 28 heavy (non-hydrogen) atoms. The second-order valence-electron chi connectivity index (χ2n) is 7.33. The van der Waals surface area contributed by atoms with Crippen molar-refractivity contribution in [3.8, 4) is 0 Å². The van der Waals surface area contributed by atoms with E-state index in [9.17, 15) is 9.59 Å². The van der Waals surface area contributed by atoms with Crippen LogP contribution >= 0.6 is 11.6 Å². The first-order chi connectivity index (χ1) is 13.4. The third-order valence-electron chi connectivity index (χ3n) is 4.70. The summed E-state index contributed by atoms with van der Waals surface area (Å²) in [6.45, 7) is 4.38. The van der Waals surface area contributed by atoms with Crippen LogP contribution in [-0.4, -0.2) is 15.7 Å². The standard InChI is InChI=1S/C22H24ClN3O2/c1-15(2)7-12-19(16-8-10-17(23)11-9-16)25-22(28)14-26-20-6-4-3-5-18(20)21(27)13-24-26/h3-6,8-11,13,15,19H,7,12,14H2,1-2H3,(H,25,28). The van der Waals surface area contributed by atoms with E-state index < -0.39 is 0 Å². The van der Waals surface area contributed by atoms with Crippen molar-refractivity contribution in [1.29, 1.82) is 0 Å². The van der Waals surface area contributed by atoms with Crippen molar-refractivity contribution in [3.05, 3.63) is 75.5 Å². The number of hydrogen-bond donors (Lipinski definition) is 1. The van der Waals surface area contributed by atoms with Crippen molar-refractivity contribution in [2.24, 2.45) is 5.92 Å². The molecule has 2 aromatic carbocycles. The fourth-order valence-electron chi connectivity index (χ4n) is 3.18. The quantitative estimate of drug-likeness (QED) is 0.644. The van der Waals surface area contributed by atoms with E-state index in [-0.39, 0.29) is 23.9 Å². The van der Waals surface area contributed by atoms with Crippen LogP contribution in [-0.2, 0) is 11.3 Å². The van der Waals surface area contributed by atoms with Gasteiger partial charge in [-0.05, 0) is 48.6 Å². The summed E-state index contributed by atoms with van der Waals surface area (Å²) in [5.74, 6) is 0.390. The average Bonchev–Trinajstić information content (AvgIpc) is 2.68. The van der Waals surface area contributed by atoms with Gasteiger partial charge in [0.25, 0.3) is 0 Å². The van der Waals surface area contributed by atoms with E-state index in [1.807, 2.05) is 30.3 Å². The molecule has 1 aromatic heterocycles. The number of carbonyl (C=O) groups excluding carboxylic acids is 1. The molecular weight excluding hydrogens is 374 g/mol. The predicted octanol–water partition coefficient (Wildman–Crippen LogP) is 4.34. The molecule has 0 aliphatic heterocycles. The van der Waals surface area contributed by atoms with Crippen molar-refractivity contribution in [2.45, 2.75) is 39.3 Å². The van der Waals surface area contributed by atoms with E-state index in [2.05, 4.69) is 24.3 Å². The van der Waals surface area contributed by atoms with E-state index in [0.717, 1.165) is 18.4 Å². The molecule has 0 fully saturated rings. The number of nitrogens with zero attached hydrogens (tertiary/aromatic N) is 2. The summed E-state index contributed by atoms with van der Waals surface area (Å²) >= 11 is 6.00. The lowest BCUT2D eigenvalue weighted by Crippen LogP contribution is -2.32. The molecule has 5 nitrogen and oxygen atoms in total. The van der Waals surface area contributed by atoms with Gasteiger partial charge in [0.05, 0.1) is 17.8 Å². The van der Waals surface area contributed by atoms with Gasteiger partial charge in [0.1, 0.15) is 6.54 Å². The summed E-state index contributed by atoms with van der Waals surface area (Å²) in [7, 11) is 0. The van der Waals surface area contributed by atoms with Crippen molar-refractivity contribution >= 4 is 28.4 Å². The largest absolute Gasteiger partial charge is 0.348 e. The molecule has 0 aliphatic rings. The predicted molar refractivity (Wildman–Crippen MR) is 112 cm³/mol. The minimum Gasteiger partial charge on any atom is -0.348 e. The minimum atomic E-state index is -0.150. The molecule has 6 heteroatoms. The average molecular weight is 398 g/mol. The Bertz CT molecular complexity index is 1010. The Morgan fingerprint density at radius 1 is 1.11 bits per heavy atom. The lowest BCUT2D eigenvalue weighted by Gasteiger charge is -2.21. The highest BCUT2D eigenvalue weighted by Crippen LogP contribution is 2.23. The summed E-state index contributed by atoms with van der Waals surface area (Å²) in [4.78, 5) is 24.7. The van der Waals surface area contributed by atoms with Crippen molar-refractivity contribution < 1.29 is 4.79 Å². The molecule has 1 unspecified atom stereocenters. The molecule has 3 rings (SSSR count). The highest BCUT2D eigenvalue weighted by molar-refractivity contribution is 6.30. The van der Waals surface area contributed by atoms with Crippen LogP contribution in [0.15, 0.2) is 59.5 Å². The van der Waals surface area contributed by atoms with E-state index >= 15 is 0 Å². The number of amides is 1. The molecule has 146 valence electrons. The van der Waals surface area contributed by atoms with Crippen LogP contribution in [0, 0.1) is 5.92 Å². The number of fused-ring (bicyclic) bond motifs is 1. The maximum absolute atomic E-state index is 12.8. The van der Waals surface area contributed by atoms with Crippen LogP contribution in [0.3, 0.4) is 0 Å². The van der Waals surface area contributed by atoms with Gasteiger partial charge in [-0.15, -0.1) is 0 Å². The van der Waals surface area contributed by atoms with Gasteiger partial charge >= 0.3 is 0 Å². The molecule has 0 bridgehead atoms. The summed E-state index contributed by atoms with van der Waals surface area (Å²) in [6.07, 6.45) is 3.08. The molecule has 0 saturated heterocycles. The topological polar surface area (TPSA) is 64.0 Å². The Kier molecular flexibility index (Phi) is 6.47. The molecule has 1 heterocycles. The van der Waals surface area contributed by atoms with Crippen molar-refractivity contribution in [1.82, 2.24) is 15.1 Å². The number of aromatic nitrogens is 2. The van der Waals surface area contributed by atoms with Gasteiger partial charge in [0, 0.05) is 10.4 Å². The second kappa shape index (κ2) is 9.02. The number of benzene rings is 2. The molecule has 1 amide bonds. The smallest absolute Gasteiger partial charge is 0.242 e. The highest BCUT2D eigenvalue weighted by Gasteiger charge is 2.16. The van der Waals surface area contributed by atoms with Crippen molar-refractivity contribution in [2.75, 3.05) is 0 Å². The number of carbonyl (C=O) groups is 1. The Labute approximate surface area is 169 Å². The van der Waals surface area contributed by atoms with Crippen LogP contribution in [0.2, 0.25) is 5.02 Å². The number of halogens is 1. The van der Waals surface area contributed by atoms with Gasteiger partial charge in [-0.3, -0.25) is 14.3 Å². The van der Waals surface area contributed by atoms with Crippen molar-refractivity contribution in [3.63, 3.8) is 0 Å². The molecular formula is C22H24ClN3O2. The second-order valence-corrected chi connectivity index (χ2v) is 7.76. The fourth-order valence-corrected chi connectivity index (χ4v) is 3.31. The highest BCUT2D eigenvalue weighted by atomic mass is 35.5.